The van der Waals surface area contributed by atoms with Crippen LogP contribution in [-0.2, 0) is 4.79 Å². The first-order chi connectivity index (χ1) is 34.9. The van der Waals surface area contributed by atoms with Crippen molar-refractivity contribution < 1.29 is 19.5 Å². The van der Waals surface area contributed by atoms with Gasteiger partial charge in [-0.05, 0) is 141 Å². The normalized spacial score (nSPS) is 14.3. The molecule has 9 nitrogen and oxygen atoms in total. The van der Waals surface area contributed by atoms with Gasteiger partial charge in [-0.1, -0.05) is 106 Å². The Labute approximate surface area is 428 Å². The molecule has 0 aromatic heterocycles. The molecule has 9 rings (SSSR count). The second kappa shape index (κ2) is 19.8. The van der Waals surface area contributed by atoms with E-state index in [0.29, 0.717) is 22.5 Å². The number of hydrogen-bond acceptors (Lipinski definition) is 6. The van der Waals surface area contributed by atoms with Crippen molar-refractivity contribution in [1.29, 1.82) is 0 Å². The Morgan fingerprint density at radius 2 is 0.945 bits per heavy atom. The molecular formula is C64H59N5O4. The number of nitrogens with one attached hydrogen (secondary N) is 2. The second-order valence-electron chi connectivity index (χ2n) is 19.6. The number of carbonyl (C=O) groups excluding carboxylic acids is 3. The van der Waals surface area contributed by atoms with Gasteiger partial charge in [-0.15, -0.1) is 0 Å². The topological polar surface area (TPSA) is 131 Å². The van der Waals surface area contributed by atoms with Crippen LogP contribution in [0, 0.1) is 69.2 Å². The zero-order chi connectivity index (χ0) is 52.0. The van der Waals surface area contributed by atoms with Gasteiger partial charge in [-0.3, -0.25) is 14.4 Å². The summed E-state index contributed by atoms with van der Waals surface area (Å²) in [6.45, 7) is 20.3. The molecule has 0 fully saturated rings. The minimum Gasteiger partial charge on any atom is -0.871 e. The van der Waals surface area contributed by atoms with E-state index in [0.717, 1.165) is 78.4 Å². The number of benzene rings is 7. The van der Waals surface area contributed by atoms with Crippen molar-refractivity contribution >= 4 is 63.0 Å². The van der Waals surface area contributed by atoms with Gasteiger partial charge in [-0.25, -0.2) is 0 Å². The lowest BCUT2D eigenvalue weighted by Gasteiger charge is -2.35. The lowest BCUT2D eigenvalue weighted by molar-refractivity contribution is -0.297. The number of hydrogen-bond donors (Lipinski definition) is 3. The fraction of sp³-hybridized carbons (Fsp3) is 0.156. The fourth-order valence-electron chi connectivity index (χ4n) is 9.85. The monoisotopic (exact) mass is 961 g/mol. The minimum atomic E-state index is -0.574. The number of Topliss-reactive ketones (excluding diaryl/α,β-unsaturated/α-hetero) is 1. The van der Waals surface area contributed by atoms with E-state index in [4.69, 9.17) is 5.73 Å². The molecule has 0 bridgehead atoms. The molecule has 2 aliphatic rings. The Bertz CT molecular complexity index is 3520. The number of nitrogens with zero attached hydrogens (tertiary/aromatic N) is 2. The van der Waals surface area contributed by atoms with E-state index in [1.165, 1.54) is 0 Å². The first kappa shape index (κ1) is 49.2. The highest BCUT2D eigenvalue weighted by Gasteiger charge is 2.38. The summed E-state index contributed by atoms with van der Waals surface area (Å²) in [4.78, 5) is 45.6. The second-order valence-corrected chi connectivity index (χ2v) is 19.6. The van der Waals surface area contributed by atoms with Gasteiger partial charge in [0.15, 0.2) is 5.78 Å². The van der Waals surface area contributed by atoms with Gasteiger partial charge < -0.3 is 26.4 Å². The van der Waals surface area contributed by atoms with Crippen molar-refractivity contribution in [2.45, 2.75) is 69.2 Å². The van der Waals surface area contributed by atoms with Crippen LogP contribution in [0.1, 0.15) is 81.9 Å². The van der Waals surface area contributed by atoms with Crippen LogP contribution < -0.4 is 30.9 Å². The highest BCUT2D eigenvalue weighted by atomic mass is 16.3. The Kier molecular flexibility index (Phi) is 13.3. The van der Waals surface area contributed by atoms with Crippen molar-refractivity contribution in [1.82, 2.24) is 9.89 Å². The molecule has 0 aliphatic heterocycles. The average molecular weight is 962 g/mol. The number of rotatable bonds is 10. The van der Waals surface area contributed by atoms with Crippen LogP contribution in [-0.4, -0.2) is 23.3 Å². The van der Waals surface area contributed by atoms with Crippen LogP contribution in [0.5, 0.6) is 0 Å². The standard InChI is InChI=1S/C64H59N5O4/c1-36-11-19-46(20-12-36)63(72)66-52-34-48(68(54-25-15-38(3)29-42(54)7)55-26-16-39(4)30-43(55)8)23-24-50(52)58-61(70)60(62(58)71)59-51(65)33-49(35-53(59)67-64(73)47-21-13-37(2)14-22-47)69(56-27-17-40(5)31-44(56)9)57-28-18-41(6)32-45(57)10/h11-35H,1-10H3,(H4,65,66,67,70,71,72,73). The Morgan fingerprint density at radius 3 is 1.41 bits per heavy atom. The molecule has 0 radical (unpaired) electrons. The van der Waals surface area contributed by atoms with E-state index in [9.17, 15) is 9.59 Å². The smallest absolute Gasteiger partial charge is 0.255 e. The molecule has 7 aromatic carbocycles. The zero-order valence-corrected chi connectivity index (χ0v) is 43.0. The molecule has 0 saturated heterocycles. The van der Waals surface area contributed by atoms with Crippen molar-refractivity contribution in [3.63, 3.8) is 0 Å². The maximum absolute atomic E-state index is 15.0. The summed E-state index contributed by atoms with van der Waals surface area (Å²) in [6.07, 6.45) is 3.52. The first-order valence-corrected chi connectivity index (χ1v) is 24.4. The van der Waals surface area contributed by atoms with Crippen molar-refractivity contribution in [2.75, 3.05) is 10.2 Å². The zero-order valence-electron chi connectivity index (χ0n) is 43.0. The molecule has 0 spiro atoms. The van der Waals surface area contributed by atoms with Crippen LogP contribution >= 0.6 is 0 Å². The van der Waals surface area contributed by atoms with Gasteiger partial charge in [0, 0.05) is 91.6 Å². The molecule has 73 heavy (non-hydrogen) atoms. The summed E-state index contributed by atoms with van der Waals surface area (Å²) in [5, 5.41) is 21.2. The number of ketones is 1. The van der Waals surface area contributed by atoms with Gasteiger partial charge in [0.05, 0.1) is 11.4 Å². The number of anilines is 4. The molecular weight excluding hydrogens is 903 g/mol. The number of carbonyl (C=O) groups is 3. The number of aryl methyl sites for hydroxylation is 10. The van der Waals surface area contributed by atoms with Crippen LogP contribution in [0.2, 0.25) is 0 Å². The van der Waals surface area contributed by atoms with Crippen molar-refractivity contribution in [2.24, 2.45) is 5.73 Å². The van der Waals surface area contributed by atoms with Crippen molar-refractivity contribution in [3.8, 4) is 0 Å². The quantitative estimate of drug-likeness (QED) is 0.0924. The lowest BCUT2D eigenvalue weighted by atomic mass is 9.78. The van der Waals surface area contributed by atoms with Crippen molar-refractivity contribution in [3.05, 3.63) is 252 Å². The van der Waals surface area contributed by atoms with Gasteiger partial charge in [-0.2, -0.15) is 4.58 Å². The highest BCUT2D eigenvalue weighted by molar-refractivity contribution is 6.40. The maximum Gasteiger partial charge on any atom is 0.255 e. The van der Waals surface area contributed by atoms with E-state index in [-0.39, 0.29) is 39.4 Å². The number of nitrogens with two attached hydrogens (primary N) is 1. The first-order valence-electron chi connectivity index (χ1n) is 24.4. The fourth-order valence-corrected chi connectivity index (χ4v) is 9.85. The summed E-state index contributed by atoms with van der Waals surface area (Å²) in [5.74, 6) is -2.00. The molecule has 0 unspecified atom stereocenters. The molecule has 9 heteroatoms. The predicted molar refractivity (Wildman–Crippen MR) is 295 cm³/mol. The number of amides is 2. The molecule has 4 N–H and O–H groups in total. The van der Waals surface area contributed by atoms with Crippen LogP contribution in [0.4, 0.5) is 34.1 Å². The third kappa shape index (κ3) is 9.69. The van der Waals surface area contributed by atoms with E-state index in [2.05, 4.69) is 108 Å². The van der Waals surface area contributed by atoms with Gasteiger partial charge >= 0.3 is 0 Å². The Hall–Kier alpha value is -8.82. The summed E-state index contributed by atoms with van der Waals surface area (Å²) in [7, 11) is 0. The molecule has 0 saturated carbocycles. The Balaban J connectivity index is 1.25. The lowest BCUT2D eigenvalue weighted by Crippen LogP contribution is -2.36. The van der Waals surface area contributed by atoms with Crippen LogP contribution in [0.15, 0.2) is 180 Å². The maximum atomic E-state index is 15.0. The molecule has 2 aliphatic carbocycles. The largest absolute Gasteiger partial charge is 0.871 e. The van der Waals surface area contributed by atoms with Gasteiger partial charge in [0.25, 0.3) is 11.8 Å². The van der Waals surface area contributed by atoms with Gasteiger partial charge in [0.1, 0.15) is 0 Å². The summed E-state index contributed by atoms with van der Waals surface area (Å²) in [6, 6.07) is 44.7. The summed E-state index contributed by atoms with van der Waals surface area (Å²) < 4.78 is 2.09. The minimum absolute atomic E-state index is 0.113. The number of allylic oxidation sites excluding steroid dienone is 4. The third-order valence-corrected chi connectivity index (χ3v) is 13.6. The van der Waals surface area contributed by atoms with Crippen LogP contribution in [0.3, 0.4) is 0 Å². The molecule has 0 atom stereocenters. The van der Waals surface area contributed by atoms with Gasteiger partial charge in [0.2, 0.25) is 17.1 Å². The summed E-state index contributed by atoms with van der Waals surface area (Å²) >= 11 is 0. The average Bonchev–Trinajstić information content (AvgIpc) is 3.33. The molecule has 0 heterocycles. The summed E-state index contributed by atoms with van der Waals surface area (Å²) in [5.41, 5.74) is 24.0. The van der Waals surface area contributed by atoms with E-state index in [1.807, 2.05) is 90.1 Å². The molecule has 364 valence electrons. The molecule has 2 amide bonds. The molecule has 7 aromatic rings. The highest BCUT2D eigenvalue weighted by Crippen LogP contribution is 2.46. The Morgan fingerprint density at radius 1 is 0.493 bits per heavy atom. The predicted octanol–water partition coefficient (Wildman–Crippen LogP) is 12.6. The van der Waals surface area contributed by atoms with E-state index in [1.54, 1.807) is 42.5 Å². The SMILES string of the molecule is Cc1ccc(C(=O)NC2=CC(=[N+](c3ccc(C)cc3C)c3ccc(C)cc3C)C=C(N)/C2=C2\C(=O)C(c3ccc(N(c4ccc(C)cc4C)c4ccc(C)cc4C)cc3NC(=O)c3ccc(C)cc3)=C2[O-])cc1. The van der Waals surface area contributed by atoms with E-state index < -0.39 is 23.4 Å². The third-order valence-electron chi connectivity index (χ3n) is 13.6. The van der Waals surface area contributed by atoms with Crippen LogP contribution in [0.25, 0.3) is 5.57 Å². The van der Waals surface area contributed by atoms with E-state index >= 15 is 9.90 Å².